The van der Waals surface area contributed by atoms with Gasteiger partial charge in [0, 0.05) is 25.7 Å². The molecular weight excluding hydrogens is 303 g/mol. The minimum Gasteiger partial charge on any atom is -0.366 e. The molecule has 0 spiro atoms. The van der Waals surface area contributed by atoms with Gasteiger partial charge in [-0.2, -0.15) is 0 Å². The Bertz CT molecular complexity index is 581. The quantitative estimate of drug-likeness (QED) is 0.919. The van der Waals surface area contributed by atoms with Crippen LogP contribution in [0.15, 0.2) is 48.5 Å². The largest absolute Gasteiger partial charge is 0.366 e. The van der Waals surface area contributed by atoms with Crippen molar-refractivity contribution < 1.29 is 0 Å². The maximum absolute atomic E-state index is 6.32. The summed E-state index contributed by atoms with van der Waals surface area (Å²) in [6.07, 6.45) is 1.01. The highest BCUT2D eigenvalue weighted by molar-refractivity contribution is 6.39. The molecule has 0 aromatic heterocycles. The smallest absolute Gasteiger partial charge is 0.0745 e. The van der Waals surface area contributed by atoms with Crippen molar-refractivity contribution in [2.24, 2.45) is 0 Å². The van der Waals surface area contributed by atoms with Crippen molar-refractivity contribution in [3.8, 4) is 0 Å². The molecule has 2 aromatic rings. The first-order valence-corrected chi connectivity index (χ1v) is 7.96. The van der Waals surface area contributed by atoms with Crippen LogP contribution in [0.1, 0.15) is 5.56 Å². The Morgan fingerprint density at radius 1 is 1.00 bits per heavy atom. The number of hydrogen-bond donors (Lipinski definition) is 1. The number of nitrogens with zero attached hydrogens (tertiary/aromatic N) is 1. The fourth-order valence-corrected chi connectivity index (χ4v) is 3.49. The van der Waals surface area contributed by atoms with Gasteiger partial charge in [0.2, 0.25) is 0 Å². The summed E-state index contributed by atoms with van der Waals surface area (Å²) in [5.74, 6) is 0. The average molecular weight is 321 g/mol. The van der Waals surface area contributed by atoms with Gasteiger partial charge in [0.05, 0.1) is 15.7 Å². The molecule has 1 N–H and O–H groups in total. The molecule has 1 heterocycles. The van der Waals surface area contributed by atoms with Crippen LogP contribution in [0.3, 0.4) is 0 Å². The Morgan fingerprint density at radius 2 is 1.71 bits per heavy atom. The standard InChI is InChI=1S/C17H18Cl2N2/c18-15-7-4-8-16(19)17(15)21-10-9-20-14(12-21)11-13-5-2-1-3-6-13/h1-8,14,20H,9-12H2. The second-order valence-electron chi connectivity index (χ2n) is 5.36. The van der Waals surface area contributed by atoms with Gasteiger partial charge in [0.15, 0.2) is 0 Å². The van der Waals surface area contributed by atoms with E-state index in [1.807, 2.05) is 24.3 Å². The lowest BCUT2D eigenvalue weighted by Crippen LogP contribution is -2.51. The van der Waals surface area contributed by atoms with Crippen molar-refractivity contribution in [2.45, 2.75) is 12.5 Å². The molecule has 0 saturated carbocycles. The highest BCUT2D eigenvalue weighted by Gasteiger charge is 2.22. The molecule has 0 radical (unpaired) electrons. The second kappa shape index (κ2) is 6.69. The second-order valence-corrected chi connectivity index (χ2v) is 6.17. The summed E-state index contributed by atoms with van der Waals surface area (Å²) >= 11 is 12.6. The van der Waals surface area contributed by atoms with E-state index in [0.29, 0.717) is 6.04 Å². The summed E-state index contributed by atoms with van der Waals surface area (Å²) in [5.41, 5.74) is 2.31. The Labute approximate surface area is 135 Å². The Balaban J connectivity index is 1.74. The van der Waals surface area contributed by atoms with Crippen LogP contribution in [0.5, 0.6) is 0 Å². The summed E-state index contributed by atoms with van der Waals surface area (Å²) < 4.78 is 0. The van der Waals surface area contributed by atoms with Crippen LogP contribution in [0.4, 0.5) is 5.69 Å². The Morgan fingerprint density at radius 3 is 2.43 bits per heavy atom. The highest BCUT2D eigenvalue weighted by Crippen LogP contribution is 2.34. The van der Waals surface area contributed by atoms with Gasteiger partial charge in [-0.15, -0.1) is 0 Å². The third-order valence-electron chi connectivity index (χ3n) is 3.83. The Kier molecular flexibility index (Phi) is 4.69. The minimum absolute atomic E-state index is 0.411. The zero-order valence-corrected chi connectivity index (χ0v) is 13.2. The first kappa shape index (κ1) is 14.7. The molecule has 1 atom stereocenters. The molecule has 2 aromatic carbocycles. The summed E-state index contributed by atoms with van der Waals surface area (Å²) in [6.45, 7) is 2.78. The molecular formula is C17H18Cl2N2. The van der Waals surface area contributed by atoms with E-state index in [0.717, 1.165) is 41.8 Å². The van der Waals surface area contributed by atoms with E-state index in [-0.39, 0.29) is 0 Å². The van der Waals surface area contributed by atoms with Gasteiger partial charge in [-0.25, -0.2) is 0 Å². The summed E-state index contributed by atoms with van der Waals surface area (Å²) in [5, 5.41) is 5.03. The lowest BCUT2D eigenvalue weighted by molar-refractivity contribution is 0.455. The van der Waals surface area contributed by atoms with Crippen LogP contribution in [-0.2, 0) is 6.42 Å². The molecule has 0 bridgehead atoms. The molecule has 4 heteroatoms. The van der Waals surface area contributed by atoms with Crippen molar-refractivity contribution in [3.63, 3.8) is 0 Å². The van der Waals surface area contributed by atoms with Crippen LogP contribution in [0.2, 0.25) is 10.0 Å². The van der Waals surface area contributed by atoms with E-state index in [2.05, 4.69) is 34.5 Å². The fourth-order valence-electron chi connectivity index (χ4n) is 2.86. The monoisotopic (exact) mass is 320 g/mol. The van der Waals surface area contributed by atoms with Gasteiger partial charge in [0.25, 0.3) is 0 Å². The van der Waals surface area contributed by atoms with E-state index in [9.17, 15) is 0 Å². The zero-order valence-electron chi connectivity index (χ0n) is 11.7. The molecule has 0 amide bonds. The van der Waals surface area contributed by atoms with Gasteiger partial charge in [0.1, 0.15) is 0 Å². The lowest BCUT2D eigenvalue weighted by Gasteiger charge is -2.36. The zero-order chi connectivity index (χ0) is 14.7. The van der Waals surface area contributed by atoms with Crippen LogP contribution < -0.4 is 10.2 Å². The molecule has 21 heavy (non-hydrogen) atoms. The van der Waals surface area contributed by atoms with Gasteiger partial charge in [-0.1, -0.05) is 59.6 Å². The van der Waals surface area contributed by atoms with E-state index in [1.54, 1.807) is 0 Å². The summed E-state index contributed by atoms with van der Waals surface area (Å²) in [6, 6.07) is 16.7. The molecule has 1 unspecified atom stereocenters. The van der Waals surface area contributed by atoms with Crippen molar-refractivity contribution in [1.29, 1.82) is 0 Å². The number of anilines is 1. The highest BCUT2D eigenvalue weighted by atomic mass is 35.5. The van der Waals surface area contributed by atoms with Crippen molar-refractivity contribution in [1.82, 2.24) is 5.32 Å². The van der Waals surface area contributed by atoms with Crippen molar-refractivity contribution in [2.75, 3.05) is 24.5 Å². The maximum atomic E-state index is 6.32. The summed E-state index contributed by atoms with van der Waals surface area (Å²) in [7, 11) is 0. The van der Waals surface area contributed by atoms with Gasteiger partial charge < -0.3 is 10.2 Å². The number of halogens is 2. The molecule has 1 fully saturated rings. The van der Waals surface area contributed by atoms with Crippen LogP contribution in [-0.4, -0.2) is 25.7 Å². The van der Waals surface area contributed by atoms with Gasteiger partial charge >= 0.3 is 0 Å². The maximum Gasteiger partial charge on any atom is 0.0745 e. The number of piperazine rings is 1. The van der Waals surface area contributed by atoms with E-state index >= 15 is 0 Å². The lowest BCUT2D eigenvalue weighted by atomic mass is 10.0. The molecule has 2 nitrogen and oxygen atoms in total. The van der Waals surface area contributed by atoms with Crippen LogP contribution >= 0.6 is 23.2 Å². The number of nitrogens with one attached hydrogen (secondary N) is 1. The normalized spacial score (nSPS) is 18.8. The van der Waals surface area contributed by atoms with E-state index < -0.39 is 0 Å². The third kappa shape index (κ3) is 3.52. The number of para-hydroxylation sites is 1. The fraction of sp³-hybridized carbons (Fsp3) is 0.294. The van der Waals surface area contributed by atoms with Crippen LogP contribution in [0.25, 0.3) is 0 Å². The Hall–Kier alpha value is -1.22. The van der Waals surface area contributed by atoms with E-state index in [4.69, 9.17) is 23.2 Å². The van der Waals surface area contributed by atoms with Crippen molar-refractivity contribution in [3.05, 3.63) is 64.1 Å². The first-order valence-electron chi connectivity index (χ1n) is 7.20. The van der Waals surface area contributed by atoms with Crippen LogP contribution in [0, 0.1) is 0 Å². The van der Waals surface area contributed by atoms with Crippen molar-refractivity contribution >= 4 is 28.9 Å². The molecule has 1 aliphatic rings. The third-order valence-corrected chi connectivity index (χ3v) is 4.44. The number of benzene rings is 2. The predicted molar refractivity (Wildman–Crippen MR) is 90.6 cm³/mol. The first-order chi connectivity index (χ1) is 10.2. The minimum atomic E-state index is 0.411. The molecule has 110 valence electrons. The average Bonchev–Trinajstić information content (AvgIpc) is 2.48. The number of rotatable bonds is 3. The topological polar surface area (TPSA) is 15.3 Å². The summed E-state index contributed by atoms with van der Waals surface area (Å²) in [4.78, 5) is 2.29. The number of hydrogen-bond acceptors (Lipinski definition) is 2. The van der Waals surface area contributed by atoms with Gasteiger partial charge in [-0.05, 0) is 24.1 Å². The molecule has 3 rings (SSSR count). The molecule has 0 aliphatic carbocycles. The van der Waals surface area contributed by atoms with E-state index in [1.165, 1.54) is 5.56 Å². The predicted octanol–water partition coefficient (Wildman–Crippen LogP) is 4.01. The van der Waals surface area contributed by atoms with Gasteiger partial charge in [-0.3, -0.25) is 0 Å². The molecule has 1 aliphatic heterocycles. The SMILES string of the molecule is Clc1cccc(Cl)c1N1CCNC(Cc2ccccc2)C1. The molecule has 1 saturated heterocycles.